The molecular formula is C24H36IN5O2. The van der Waals surface area contributed by atoms with Crippen molar-refractivity contribution in [1.29, 1.82) is 0 Å². The number of amides is 1. The second-order valence-corrected chi connectivity index (χ2v) is 7.87. The average Bonchev–Trinajstić information content (AvgIpc) is 3.24. The van der Waals surface area contributed by atoms with E-state index in [4.69, 9.17) is 4.42 Å². The fourth-order valence-corrected chi connectivity index (χ4v) is 4.13. The predicted molar refractivity (Wildman–Crippen MR) is 140 cm³/mol. The van der Waals surface area contributed by atoms with Crippen molar-refractivity contribution >= 4 is 35.8 Å². The highest BCUT2D eigenvalue weighted by molar-refractivity contribution is 14.0. The molecule has 176 valence electrons. The highest BCUT2D eigenvalue weighted by atomic mass is 127. The maximum Gasteiger partial charge on any atom is 0.287 e. The second-order valence-electron chi connectivity index (χ2n) is 7.87. The monoisotopic (exact) mass is 553 g/mol. The molecule has 1 fully saturated rings. The van der Waals surface area contributed by atoms with Gasteiger partial charge in [-0.3, -0.25) is 14.7 Å². The van der Waals surface area contributed by atoms with Gasteiger partial charge in [0.25, 0.3) is 5.91 Å². The lowest BCUT2D eigenvalue weighted by Gasteiger charge is -2.40. The van der Waals surface area contributed by atoms with E-state index >= 15 is 0 Å². The summed E-state index contributed by atoms with van der Waals surface area (Å²) in [6.45, 7) is 9.43. The number of carbonyl (C=O) groups is 1. The van der Waals surface area contributed by atoms with E-state index in [2.05, 4.69) is 62.7 Å². The quantitative estimate of drug-likeness (QED) is 0.226. The van der Waals surface area contributed by atoms with Gasteiger partial charge in [-0.2, -0.15) is 0 Å². The van der Waals surface area contributed by atoms with Crippen molar-refractivity contribution in [2.45, 2.75) is 32.7 Å². The van der Waals surface area contributed by atoms with Crippen LogP contribution in [0.5, 0.6) is 0 Å². The van der Waals surface area contributed by atoms with Crippen LogP contribution in [-0.4, -0.2) is 68.0 Å². The van der Waals surface area contributed by atoms with Crippen molar-refractivity contribution in [2.75, 3.05) is 46.3 Å². The Labute approximate surface area is 208 Å². The van der Waals surface area contributed by atoms with Gasteiger partial charge in [-0.05, 0) is 31.4 Å². The van der Waals surface area contributed by atoms with Crippen LogP contribution in [0.4, 0.5) is 0 Å². The summed E-state index contributed by atoms with van der Waals surface area (Å²) in [4.78, 5) is 21.4. The van der Waals surface area contributed by atoms with Crippen LogP contribution in [0.3, 0.4) is 0 Å². The lowest BCUT2D eigenvalue weighted by atomic mass is 10.0. The Hall–Kier alpha value is -2.07. The van der Waals surface area contributed by atoms with Crippen molar-refractivity contribution in [3.63, 3.8) is 0 Å². The van der Waals surface area contributed by atoms with Crippen molar-refractivity contribution in [3.05, 3.63) is 59.5 Å². The fraction of sp³-hybridized carbons (Fsp3) is 0.500. The van der Waals surface area contributed by atoms with Crippen molar-refractivity contribution in [1.82, 2.24) is 20.4 Å². The third-order valence-electron chi connectivity index (χ3n) is 5.83. The van der Waals surface area contributed by atoms with Crippen molar-refractivity contribution < 1.29 is 9.21 Å². The maximum atomic E-state index is 12.1. The topological polar surface area (TPSA) is 73.1 Å². The van der Waals surface area contributed by atoms with E-state index < -0.39 is 0 Å². The number of furan rings is 1. The Balaban J connectivity index is 0.00000363. The smallest absolute Gasteiger partial charge is 0.287 e. The van der Waals surface area contributed by atoms with Crippen LogP contribution in [0.25, 0.3) is 0 Å². The summed E-state index contributed by atoms with van der Waals surface area (Å²) in [6, 6.07) is 13.0. The van der Waals surface area contributed by atoms with Crippen LogP contribution in [-0.2, 0) is 0 Å². The summed E-state index contributed by atoms with van der Waals surface area (Å²) in [7, 11) is 1.83. The SMILES string of the molecule is CCC(c1ccccc1)N1CCN(C(=NC)NCCCNC(=O)c2occc2C)CC1.I. The Morgan fingerprint density at radius 2 is 1.78 bits per heavy atom. The van der Waals surface area contributed by atoms with Gasteiger partial charge in [0.1, 0.15) is 0 Å². The lowest BCUT2D eigenvalue weighted by Crippen LogP contribution is -2.53. The van der Waals surface area contributed by atoms with Gasteiger partial charge >= 0.3 is 0 Å². The fourth-order valence-electron chi connectivity index (χ4n) is 4.13. The number of rotatable bonds is 8. The summed E-state index contributed by atoms with van der Waals surface area (Å²) in [5.74, 6) is 1.16. The predicted octanol–water partition coefficient (Wildman–Crippen LogP) is 3.67. The van der Waals surface area contributed by atoms with Gasteiger partial charge in [-0.1, -0.05) is 37.3 Å². The first-order valence-electron chi connectivity index (χ1n) is 11.2. The van der Waals surface area contributed by atoms with Gasteiger partial charge < -0.3 is 20.0 Å². The zero-order valence-corrected chi connectivity index (χ0v) is 21.7. The molecule has 0 saturated carbocycles. The molecule has 1 aromatic heterocycles. The number of hydrogen-bond acceptors (Lipinski definition) is 4. The van der Waals surface area contributed by atoms with Crippen molar-refractivity contribution in [2.24, 2.45) is 4.99 Å². The van der Waals surface area contributed by atoms with Gasteiger partial charge in [-0.15, -0.1) is 24.0 Å². The van der Waals surface area contributed by atoms with Crippen LogP contribution in [0.1, 0.15) is 47.5 Å². The molecule has 1 atom stereocenters. The molecule has 0 spiro atoms. The van der Waals surface area contributed by atoms with E-state index in [1.54, 1.807) is 6.07 Å². The van der Waals surface area contributed by atoms with E-state index in [1.807, 2.05) is 14.0 Å². The minimum Gasteiger partial charge on any atom is -0.459 e. The van der Waals surface area contributed by atoms with Crippen LogP contribution in [0.2, 0.25) is 0 Å². The number of nitrogens with zero attached hydrogens (tertiary/aromatic N) is 3. The number of piperazine rings is 1. The number of aliphatic imine (C=N–C) groups is 1. The minimum atomic E-state index is -0.160. The first-order valence-corrected chi connectivity index (χ1v) is 11.2. The average molecular weight is 553 g/mol. The molecule has 8 heteroatoms. The highest BCUT2D eigenvalue weighted by Crippen LogP contribution is 2.25. The number of halogens is 1. The molecule has 0 aliphatic carbocycles. The second kappa shape index (κ2) is 13.5. The van der Waals surface area contributed by atoms with E-state index in [1.165, 1.54) is 11.8 Å². The molecule has 0 radical (unpaired) electrons. The molecule has 7 nitrogen and oxygen atoms in total. The number of benzene rings is 1. The Morgan fingerprint density at radius 3 is 2.38 bits per heavy atom. The molecule has 1 saturated heterocycles. The largest absolute Gasteiger partial charge is 0.459 e. The van der Waals surface area contributed by atoms with Crippen LogP contribution >= 0.6 is 24.0 Å². The van der Waals surface area contributed by atoms with E-state index in [0.29, 0.717) is 18.3 Å². The summed E-state index contributed by atoms with van der Waals surface area (Å²) in [6.07, 6.45) is 3.47. The van der Waals surface area contributed by atoms with Gasteiger partial charge in [-0.25, -0.2) is 0 Å². The standard InChI is InChI=1S/C24H35N5O2.HI/c1-4-21(20-9-6-5-7-10-20)28-14-16-29(17-15-28)24(25-3)27-13-8-12-26-23(30)22-19(2)11-18-31-22;/h5-7,9-11,18,21H,4,8,12-17H2,1-3H3,(H,25,27)(H,26,30);1H. The van der Waals surface area contributed by atoms with Crippen LogP contribution < -0.4 is 10.6 Å². The molecule has 2 heterocycles. The van der Waals surface area contributed by atoms with Gasteiger partial charge in [0, 0.05) is 57.9 Å². The number of aryl methyl sites for hydroxylation is 1. The minimum absolute atomic E-state index is 0. The molecule has 1 aromatic carbocycles. The third-order valence-corrected chi connectivity index (χ3v) is 5.83. The van der Waals surface area contributed by atoms with E-state index in [0.717, 1.165) is 57.1 Å². The maximum absolute atomic E-state index is 12.1. The van der Waals surface area contributed by atoms with Crippen LogP contribution in [0, 0.1) is 6.92 Å². The highest BCUT2D eigenvalue weighted by Gasteiger charge is 2.25. The summed E-state index contributed by atoms with van der Waals surface area (Å²) < 4.78 is 5.22. The molecule has 3 rings (SSSR count). The zero-order valence-electron chi connectivity index (χ0n) is 19.3. The molecule has 1 aliphatic heterocycles. The van der Waals surface area contributed by atoms with Crippen molar-refractivity contribution in [3.8, 4) is 0 Å². The normalized spacial score (nSPS) is 15.7. The Kier molecular flexibility index (Phi) is 11.0. The number of carbonyl (C=O) groups excluding carboxylic acids is 1. The van der Waals surface area contributed by atoms with Gasteiger partial charge in [0.05, 0.1) is 6.26 Å². The summed E-state index contributed by atoms with van der Waals surface area (Å²) in [5, 5.41) is 6.34. The molecular weight excluding hydrogens is 517 g/mol. The van der Waals surface area contributed by atoms with Crippen LogP contribution in [0.15, 0.2) is 52.1 Å². The summed E-state index contributed by atoms with van der Waals surface area (Å²) >= 11 is 0. The van der Waals surface area contributed by atoms with Gasteiger partial charge in [0.2, 0.25) is 0 Å². The Morgan fingerprint density at radius 1 is 1.09 bits per heavy atom. The number of guanidine groups is 1. The van der Waals surface area contributed by atoms with E-state index in [-0.39, 0.29) is 29.9 Å². The molecule has 1 unspecified atom stereocenters. The number of nitrogens with one attached hydrogen (secondary N) is 2. The Bertz CT molecular complexity index is 847. The molecule has 32 heavy (non-hydrogen) atoms. The molecule has 2 N–H and O–H groups in total. The molecule has 2 aromatic rings. The zero-order chi connectivity index (χ0) is 22.1. The third kappa shape index (κ3) is 6.96. The molecule has 1 amide bonds. The first kappa shape index (κ1) is 26.2. The first-order chi connectivity index (χ1) is 15.1. The summed E-state index contributed by atoms with van der Waals surface area (Å²) in [5.41, 5.74) is 2.25. The lowest BCUT2D eigenvalue weighted by molar-refractivity contribution is 0.0924. The molecule has 1 aliphatic rings. The van der Waals surface area contributed by atoms with Gasteiger partial charge in [0.15, 0.2) is 11.7 Å². The van der Waals surface area contributed by atoms with E-state index in [9.17, 15) is 4.79 Å². The molecule has 0 bridgehead atoms. The number of hydrogen-bond donors (Lipinski definition) is 2.